The predicted octanol–water partition coefficient (Wildman–Crippen LogP) is 3.99. The molecule has 0 aliphatic carbocycles. The summed E-state index contributed by atoms with van der Waals surface area (Å²) in [6, 6.07) is 19.5. The van der Waals surface area contributed by atoms with E-state index in [2.05, 4.69) is 10.1 Å². The standard InChI is InChI=1S/C20H16N2O4/c23-20(24)15-10-11-21-18(13-15)19(22-25)12-14-6-8-17(9-7-14)26-16-4-2-1-3-5-16/h1-11,13,25H,12H2,(H,23,24)/b22-19+. The number of hydrogen-bond donors (Lipinski definition) is 2. The van der Waals surface area contributed by atoms with E-state index in [1.165, 1.54) is 18.3 Å². The van der Waals surface area contributed by atoms with Crippen LogP contribution in [0.15, 0.2) is 78.1 Å². The van der Waals surface area contributed by atoms with Gasteiger partial charge >= 0.3 is 5.97 Å². The number of hydrogen-bond acceptors (Lipinski definition) is 5. The summed E-state index contributed by atoms with van der Waals surface area (Å²) < 4.78 is 5.73. The molecule has 2 aromatic carbocycles. The molecular formula is C20H16N2O4. The number of rotatable bonds is 6. The molecule has 0 saturated heterocycles. The lowest BCUT2D eigenvalue weighted by Crippen LogP contribution is -2.09. The molecule has 0 fully saturated rings. The molecule has 0 unspecified atom stereocenters. The number of pyridine rings is 1. The third-order valence-electron chi connectivity index (χ3n) is 3.70. The lowest BCUT2D eigenvalue weighted by molar-refractivity contribution is 0.0696. The smallest absolute Gasteiger partial charge is 0.335 e. The summed E-state index contributed by atoms with van der Waals surface area (Å²) in [7, 11) is 0. The van der Waals surface area contributed by atoms with Crippen LogP contribution in [-0.2, 0) is 6.42 Å². The highest BCUT2D eigenvalue weighted by atomic mass is 16.5. The number of carboxylic acids is 1. The second-order valence-corrected chi connectivity index (χ2v) is 5.52. The van der Waals surface area contributed by atoms with Gasteiger partial charge in [0.25, 0.3) is 0 Å². The Morgan fingerprint density at radius 2 is 1.69 bits per heavy atom. The maximum atomic E-state index is 11.1. The zero-order valence-electron chi connectivity index (χ0n) is 13.7. The Hall–Kier alpha value is -3.67. The second-order valence-electron chi connectivity index (χ2n) is 5.52. The average Bonchev–Trinajstić information content (AvgIpc) is 2.68. The van der Waals surface area contributed by atoms with Crippen LogP contribution in [0.25, 0.3) is 0 Å². The van der Waals surface area contributed by atoms with Crippen LogP contribution in [-0.4, -0.2) is 27.0 Å². The molecule has 3 aromatic rings. The first-order valence-corrected chi connectivity index (χ1v) is 7.88. The molecule has 1 aromatic heterocycles. The summed E-state index contributed by atoms with van der Waals surface area (Å²) in [6.45, 7) is 0. The van der Waals surface area contributed by atoms with Gasteiger partial charge in [-0.05, 0) is 42.0 Å². The molecular weight excluding hydrogens is 332 g/mol. The fraction of sp³-hybridized carbons (Fsp3) is 0.0500. The minimum absolute atomic E-state index is 0.0859. The highest BCUT2D eigenvalue weighted by Crippen LogP contribution is 2.21. The molecule has 0 spiro atoms. The van der Waals surface area contributed by atoms with Crippen molar-refractivity contribution in [2.45, 2.75) is 6.42 Å². The van der Waals surface area contributed by atoms with Crippen molar-refractivity contribution in [3.05, 3.63) is 89.7 Å². The summed E-state index contributed by atoms with van der Waals surface area (Å²) in [5, 5.41) is 21.6. The molecule has 0 bridgehead atoms. The van der Waals surface area contributed by atoms with Gasteiger partial charge in [-0.3, -0.25) is 4.98 Å². The molecule has 6 heteroatoms. The van der Waals surface area contributed by atoms with E-state index in [0.29, 0.717) is 17.9 Å². The molecule has 0 saturated carbocycles. The van der Waals surface area contributed by atoms with Crippen LogP contribution in [0.1, 0.15) is 21.6 Å². The van der Waals surface area contributed by atoms with E-state index in [1.54, 1.807) is 0 Å². The number of benzene rings is 2. The third-order valence-corrected chi connectivity index (χ3v) is 3.70. The highest BCUT2D eigenvalue weighted by molar-refractivity contribution is 6.01. The number of carbonyl (C=O) groups is 1. The van der Waals surface area contributed by atoms with Crippen molar-refractivity contribution in [2.24, 2.45) is 5.16 Å². The van der Waals surface area contributed by atoms with Gasteiger partial charge in [0.1, 0.15) is 17.2 Å². The SMILES string of the molecule is O=C(O)c1ccnc(/C(Cc2ccc(Oc3ccccc3)cc2)=N/O)c1. The molecule has 6 nitrogen and oxygen atoms in total. The Morgan fingerprint density at radius 3 is 2.35 bits per heavy atom. The molecule has 2 N–H and O–H groups in total. The lowest BCUT2D eigenvalue weighted by atomic mass is 10.0. The molecule has 1 heterocycles. The molecule has 130 valence electrons. The van der Waals surface area contributed by atoms with Crippen LogP contribution in [0.4, 0.5) is 0 Å². The van der Waals surface area contributed by atoms with Gasteiger partial charge in [0, 0.05) is 12.6 Å². The van der Waals surface area contributed by atoms with Crippen LogP contribution < -0.4 is 4.74 Å². The Morgan fingerprint density at radius 1 is 1.00 bits per heavy atom. The first-order valence-electron chi connectivity index (χ1n) is 7.88. The molecule has 26 heavy (non-hydrogen) atoms. The van der Waals surface area contributed by atoms with Crippen molar-refractivity contribution in [3.63, 3.8) is 0 Å². The van der Waals surface area contributed by atoms with E-state index in [1.807, 2.05) is 54.6 Å². The van der Waals surface area contributed by atoms with Gasteiger partial charge in [0.2, 0.25) is 0 Å². The van der Waals surface area contributed by atoms with Crippen molar-refractivity contribution in [1.82, 2.24) is 4.98 Å². The van der Waals surface area contributed by atoms with Crippen LogP contribution >= 0.6 is 0 Å². The maximum Gasteiger partial charge on any atom is 0.335 e. The van der Waals surface area contributed by atoms with Gasteiger partial charge in [-0.25, -0.2) is 4.79 Å². The molecule has 0 amide bonds. The van der Waals surface area contributed by atoms with Crippen LogP contribution in [0.5, 0.6) is 11.5 Å². The fourth-order valence-corrected chi connectivity index (χ4v) is 2.39. The van der Waals surface area contributed by atoms with E-state index in [9.17, 15) is 10.0 Å². The molecule has 3 rings (SSSR count). The summed E-state index contributed by atoms with van der Waals surface area (Å²) >= 11 is 0. The summed E-state index contributed by atoms with van der Waals surface area (Å²) in [5.41, 5.74) is 1.56. The number of para-hydroxylation sites is 1. The Kier molecular flexibility index (Phi) is 5.24. The number of oxime groups is 1. The van der Waals surface area contributed by atoms with Gasteiger partial charge in [0.05, 0.1) is 11.3 Å². The summed E-state index contributed by atoms with van der Waals surface area (Å²) in [4.78, 5) is 15.1. The van der Waals surface area contributed by atoms with Gasteiger partial charge in [-0.15, -0.1) is 0 Å². The van der Waals surface area contributed by atoms with E-state index in [4.69, 9.17) is 9.84 Å². The molecule has 0 aliphatic rings. The third kappa shape index (κ3) is 4.24. The zero-order chi connectivity index (χ0) is 18.4. The summed E-state index contributed by atoms with van der Waals surface area (Å²) in [5.74, 6) is 0.370. The maximum absolute atomic E-state index is 11.1. The number of aromatic carboxylic acids is 1. The largest absolute Gasteiger partial charge is 0.478 e. The van der Waals surface area contributed by atoms with Crippen LogP contribution in [0.3, 0.4) is 0 Å². The Bertz CT molecular complexity index is 922. The zero-order valence-corrected chi connectivity index (χ0v) is 13.7. The van der Waals surface area contributed by atoms with E-state index < -0.39 is 5.97 Å². The van der Waals surface area contributed by atoms with Crippen LogP contribution in [0, 0.1) is 0 Å². The van der Waals surface area contributed by atoms with Gasteiger partial charge in [0.15, 0.2) is 0 Å². The van der Waals surface area contributed by atoms with Gasteiger partial charge < -0.3 is 15.1 Å². The number of ether oxygens (including phenoxy) is 1. The van der Waals surface area contributed by atoms with Crippen molar-refractivity contribution < 1.29 is 19.8 Å². The minimum Gasteiger partial charge on any atom is -0.478 e. The van der Waals surface area contributed by atoms with E-state index in [-0.39, 0.29) is 11.3 Å². The minimum atomic E-state index is -1.06. The topological polar surface area (TPSA) is 92.0 Å². The highest BCUT2D eigenvalue weighted by Gasteiger charge is 2.11. The summed E-state index contributed by atoms with van der Waals surface area (Å²) in [6.07, 6.45) is 1.68. The Labute approximate surface area is 150 Å². The Balaban J connectivity index is 1.73. The van der Waals surface area contributed by atoms with Crippen molar-refractivity contribution in [1.29, 1.82) is 0 Å². The van der Waals surface area contributed by atoms with Crippen LogP contribution in [0.2, 0.25) is 0 Å². The first-order chi connectivity index (χ1) is 12.7. The number of carboxylic acid groups (broad SMARTS) is 1. The molecule has 0 radical (unpaired) electrons. The first kappa shape index (κ1) is 17.2. The quantitative estimate of drug-likeness (QED) is 0.399. The van der Waals surface area contributed by atoms with Crippen molar-refractivity contribution in [3.8, 4) is 11.5 Å². The van der Waals surface area contributed by atoms with Crippen molar-refractivity contribution >= 4 is 11.7 Å². The van der Waals surface area contributed by atoms with Crippen molar-refractivity contribution in [2.75, 3.05) is 0 Å². The average molecular weight is 348 g/mol. The fourth-order valence-electron chi connectivity index (χ4n) is 2.39. The lowest BCUT2D eigenvalue weighted by Gasteiger charge is -2.08. The van der Waals surface area contributed by atoms with Gasteiger partial charge in [-0.2, -0.15) is 0 Å². The van der Waals surface area contributed by atoms with Gasteiger partial charge in [-0.1, -0.05) is 35.5 Å². The normalized spacial score (nSPS) is 11.2. The molecule has 0 aliphatic heterocycles. The van der Waals surface area contributed by atoms with E-state index >= 15 is 0 Å². The second kappa shape index (κ2) is 7.94. The molecule has 0 atom stereocenters. The predicted molar refractivity (Wildman–Crippen MR) is 96.2 cm³/mol. The van der Waals surface area contributed by atoms with E-state index in [0.717, 1.165) is 11.3 Å². The number of aromatic nitrogens is 1. The monoisotopic (exact) mass is 348 g/mol. The number of nitrogens with zero attached hydrogens (tertiary/aromatic N) is 2.